The lowest BCUT2D eigenvalue weighted by Crippen LogP contribution is -2.22. The molecule has 0 N–H and O–H groups in total. The van der Waals surface area contributed by atoms with Crippen LogP contribution in [0.2, 0.25) is 0 Å². The van der Waals surface area contributed by atoms with Crippen LogP contribution in [-0.4, -0.2) is 0 Å². The van der Waals surface area contributed by atoms with Gasteiger partial charge in [0.05, 0.1) is 11.1 Å². The number of benzene rings is 8. The van der Waals surface area contributed by atoms with Crippen molar-refractivity contribution in [2.75, 3.05) is 4.90 Å². The maximum atomic E-state index is 6.48. The van der Waals surface area contributed by atoms with Gasteiger partial charge in [0.15, 0.2) is 0 Å². The summed E-state index contributed by atoms with van der Waals surface area (Å²) >= 11 is 0. The Morgan fingerprint density at radius 3 is 1.43 bits per heavy atom. The molecular formula is C52H37NO. The lowest BCUT2D eigenvalue weighted by Gasteiger charge is -2.31. The van der Waals surface area contributed by atoms with E-state index in [0.29, 0.717) is 0 Å². The molecule has 9 aromatic rings. The topological polar surface area (TPSA) is 16.4 Å². The van der Waals surface area contributed by atoms with Gasteiger partial charge in [-0.2, -0.15) is 0 Å². The van der Waals surface area contributed by atoms with Crippen LogP contribution in [-0.2, 0) is 10.8 Å². The van der Waals surface area contributed by atoms with E-state index in [1.54, 1.807) is 0 Å². The van der Waals surface area contributed by atoms with Gasteiger partial charge in [-0.1, -0.05) is 146 Å². The minimum absolute atomic E-state index is 0.267. The highest BCUT2D eigenvalue weighted by atomic mass is 16.3. The van der Waals surface area contributed by atoms with E-state index < -0.39 is 0 Å². The average Bonchev–Trinajstić information content (AvgIpc) is 3.84. The van der Waals surface area contributed by atoms with Gasteiger partial charge < -0.3 is 9.32 Å². The van der Waals surface area contributed by atoms with Gasteiger partial charge in [0.2, 0.25) is 0 Å². The molecule has 0 saturated heterocycles. The third-order valence-electron chi connectivity index (χ3n) is 12.4. The van der Waals surface area contributed by atoms with Gasteiger partial charge in [-0.3, -0.25) is 0 Å². The fourth-order valence-electron chi connectivity index (χ4n) is 9.79. The molecule has 2 atom stereocenters. The predicted octanol–water partition coefficient (Wildman–Crippen LogP) is 13.7. The molecule has 8 aromatic carbocycles. The summed E-state index contributed by atoms with van der Waals surface area (Å²) in [5.74, 6) is 0. The van der Waals surface area contributed by atoms with Crippen molar-refractivity contribution in [2.24, 2.45) is 0 Å². The van der Waals surface area contributed by atoms with Crippen LogP contribution in [0.3, 0.4) is 0 Å². The minimum Gasteiger partial charge on any atom is -0.456 e. The van der Waals surface area contributed by atoms with Crippen LogP contribution in [0.5, 0.6) is 0 Å². The van der Waals surface area contributed by atoms with Gasteiger partial charge >= 0.3 is 0 Å². The van der Waals surface area contributed by atoms with Crippen molar-refractivity contribution in [3.8, 4) is 22.3 Å². The van der Waals surface area contributed by atoms with E-state index in [9.17, 15) is 0 Å². The average molecular weight is 692 g/mol. The number of nitrogens with zero attached hydrogens (tertiary/aromatic N) is 1. The maximum Gasteiger partial charge on any atom is 0.137 e. The first-order chi connectivity index (χ1) is 26.5. The van der Waals surface area contributed by atoms with Crippen molar-refractivity contribution in [3.05, 3.63) is 221 Å². The fraction of sp³-hybridized carbons (Fsp3) is 0.0769. The highest BCUT2D eigenvalue weighted by Gasteiger charge is 2.42. The van der Waals surface area contributed by atoms with Crippen molar-refractivity contribution in [3.63, 3.8) is 0 Å². The van der Waals surface area contributed by atoms with E-state index in [0.717, 1.165) is 39.0 Å². The zero-order valence-electron chi connectivity index (χ0n) is 30.3. The number of rotatable bonds is 5. The van der Waals surface area contributed by atoms with Crippen molar-refractivity contribution < 1.29 is 4.42 Å². The first kappa shape index (κ1) is 30.9. The Hall–Kier alpha value is -6.64. The van der Waals surface area contributed by atoms with Crippen molar-refractivity contribution in [2.45, 2.75) is 24.7 Å². The molecule has 2 nitrogen and oxygen atoms in total. The Kier molecular flexibility index (Phi) is 6.55. The highest BCUT2D eigenvalue weighted by molar-refractivity contribution is 6.13. The summed E-state index contributed by atoms with van der Waals surface area (Å²) in [7, 11) is 0. The molecule has 1 heterocycles. The van der Waals surface area contributed by atoms with Crippen LogP contribution in [0.4, 0.5) is 17.1 Å². The van der Waals surface area contributed by atoms with Crippen molar-refractivity contribution in [1.29, 1.82) is 0 Å². The normalized spacial score (nSPS) is 18.0. The molecule has 54 heavy (non-hydrogen) atoms. The monoisotopic (exact) mass is 691 g/mol. The zero-order valence-corrected chi connectivity index (χ0v) is 30.3. The quantitative estimate of drug-likeness (QED) is 0.179. The van der Waals surface area contributed by atoms with Gasteiger partial charge in [-0.05, 0) is 112 Å². The summed E-state index contributed by atoms with van der Waals surface area (Å²) in [5, 5.41) is 2.22. The molecule has 0 aliphatic heterocycles. The number of furan rings is 1. The second-order valence-electron chi connectivity index (χ2n) is 15.1. The Morgan fingerprint density at radius 1 is 0.389 bits per heavy atom. The third kappa shape index (κ3) is 4.17. The van der Waals surface area contributed by atoms with Gasteiger partial charge in [-0.25, -0.2) is 0 Å². The van der Waals surface area contributed by atoms with E-state index in [1.807, 2.05) is 6.07 Å². The van der Waals surface area contributed by atoms with Gasteiger partial charge in [-0.15, -0.1) is 0 Å². The molecule has 2 aliphatic carbocycles. The SMILES string of the molecule is CC1(c2ccccc2)c2ccccc2-c2cc(N(c3ccc4c(c3)-c3ccccc3C4(C)c3ccccc3)c3cccc4oc5ccccc5c34)ccc21. The van der Waals surface area contributed by atoms with Gasteiger partial charge in [0.25, 0.3) is 0 Å². The number of hydrogen-bond acceptors (Lipinski definition) is 2. The number of hydrogen-bond donors (Lipinski definition) is 0. The van der Waals surface area contributed by atoms with E-state index in [-0.39, 0.29) is 10.8 Å². The first-order valence-electron chi connectivity index (χ1n) is 18.9. The van der Waals surface area contributed by atoms with E-state index >= 15 is 0 Å². The van der Waals surface area contributed by atoms with E-state index in [2.05, 4.69) is 201 Å². The van der Waals surface area contributed by atoms with Gasteiger partial charge in [0.1, 0.15) is 11.2 Å². The summed E-state index contributed by atoms with van der Waals surface area (Å²) in [6.07, 6.45) is 0. The van der Waals surface area contributed by atoms with Crippen LogP contribution in [0.25, 0.3) is 44.2 Å². The van der Waals surface area contributed by atoms with Crippen molar-refractivity contribution >= 4 is 39.0 Å². The largest absolute Gasteiger partial charge is 0.456 e. The summed E-state index contributed by atoms with van der Waals surface area (Å²) < 4.78 is 6.48. The Balaban J connectivity index is 1.18. The van der Waals surface area contributed by atoms with Crippen molar-refractivity contribution in [1.82, 2.24) is 0 Å². The predicted molar refractivity (Wildman–Crippen MR) is 223 cm³/mol. The summed E-state index contributed by atoms with van der Waals surface area (Å²) in [5.41, 5.74) is 17.6. The van der Waals surface area contributed by atoms with Crippen LogP contribution in [0.15, 0.2) is 192 Å². The van der Waals surface area contributed by atoms with Crippen LogP contribution < -0.4 is 4.90 Å². The molecule has 256 valence electrons. The standard InChI is InChI=1S/C52H37NO/c1-51(34-16-5-3-6-17-34)43-23-12-9-20-38(43)41-32-36(28-30-45(41)51)53(47-25-15-27-49-50(47)40-22-11-14-26-48(40)54-49)37-29-31-46-42(33-37)39-21-10-13-24-44(39)52(46,2)35-18-7-4-8-19-35/h3-33H,1-2H3. The zero-order chi connectivity index (χ0) is 36.0. The van der Waals surface area contributed by atoms with Crippen LogP contribution >= 0.6 is 0 Å². The molecule has 2 aliphatic rings. The molecule has 0 fully saturated rings. The fourth-order valence-corrected chi connectivity index (χ4v) is 9.79. The molecule has 2 unspecified atom stereocenters. The Morgan fingerprint density at radius 2 is 0.852 bits per heavy atom. The first-order valence-corrected chi connectivity index (χ1v) is 18.9. The number of para-hydroxylation sites is 1. The van der Waals surface area contributed by atoms with Crippen LogP contribution in [0.1, 0.15) is 47.2 Å². The smallest absolute Gasteiger partial charge is 0.137 e. The summed E-state index contributed by atoms with van der Waals surface area (Å²) in [4.78, 5) is 2.45. The molecule has 0 saturated carbocycles. The molecule has 0 bridgehead atoms. The molecule has 0 amide bonds. The third-order valence-corrected chi connectivity index (χ3v) is 12.4. The van der Waals surface area contributed by atoms with E-state index in [4.69, 9.17) is 4.42 Å². The number of anilines is 3. The lowest BCUT2D eigenvalue weighted by atomic mass is 9.74. The second-order valence-corrected chi connectivity index (χ2v) is 15.1. The summed E-state index contributed by atoms with van der Waals surface area (Å²) in [6, 6.07) is 68.8. The minimum atomic E-state index is -0.267. The number of fused-ring (bicyclic) bond motifs is 9. The Labute approximate surface area is 315 Å². The maximum absolute atomic E-state index is 6.48. The molecular weight excluding hydrogens is 655 g/mol. The molecule has 2 heteroatoms. The molecule has 11 rings (SSSR count). The van der Waals surface area contributed by atoms with E-state index in [1.165, 1.54) is 55.6 Å². The second kappa shape index (κ2) is 11.4. The van der Waals surface area contributed by atoms with Gasteiger partial charge in [0, 0.05) is 27.6 Å². The summed E-state index contributed by atoms with van der Waals surface area (Å²) in [6.45, 7) is 4.76. The lowest BCUT2D eigenvalue weighted by molar-refractivity contribution is 0.669. The van der Waals surface area contributed by atoms with Crippen LogP contribution in [0, 0.1) is 0 Å². The Bertz CT molecular complexity index is 2780. The molecule has 0 spiro atoms. The molecule has 0 radical (unpaired) electrons. The highest BCUT2D eigenvalue weighted by Crippen LogP contribution is 2.56. The molecule has 1 aromatic heterocycles.